The van der Waals surface area contributed by atoms with Crippen LogP contribution in [-0.4, -0.2) is 51.5 Å². The Hall–Kier alpha value is -2.37. The molecule has 0 aromatic carbocycles. The highest BCUT2D eigenvalue weighted by atomic mass is 16.4. The van der Waals surface area contributed by atoms with Gasteiger partial charge in [-0.25, -0.2) is 4.79 Å². The molecule has 0 saturated carbocycles. The first kappa shape index (κ1) is 15.7. The average Bonchev–Trinajstić information content (AvgIpc) is 2.44. The molecule has 0 bridgehead atoms. The predicted octanol–water partition coefficient (Wildman–Crippen LogP) is 1.60. The lowest BCUT2D eigenvalue weighted by Gasteiger charge is -2.28. The van der Waals surface area contributed by atoms with Crippen molar-refractivity contribution in [1.82, 2.24) is 14.8 Å². The first-order valence-corrected chi connectivity index (χ1v) is 6.34. The summed E-state index contributed by atoms with van der Waals surface area (Å²) in [5.41, 5.74) is 0.948. The fourth-order valence-electron chi connectivity index (χ4n) is 1.75. The molecule has 0 radical (unpaired) electrons. The van der Waals surface area contributed by atoms with Gasteiger partial charge in [-0.2, -0.15) is 0 Å². The quantitative estimate of drug-likeness (QED) is 0.768. The van der Waals surface area contributed by atoms with Gasteiger partial charge in [-0.05, 0) is 24.6 Å². The number of aliphatic carboxylic acids is 1. The molecule has 6 nitrogen and oxygen atoms in total. The van der Waals surface area contributed by atoms with Crippen molar-refractivity contribution in [2.45, 2.75) is 13.5 Å². The van der Waals surface area contributed by atoms with Crippen LogP contribution >= 0.6 is 0 Å². The van der Waals surface area contributed by atoms with E-state index >= 15 is 0 Å². The average molecular weight is 277 g/mol. The van der Waals surface area contributed by atoms with E-state index in [0.29, 0.717) is 13.1 Å². The summed E-state index contributed by atoms with van der Waals surface area (Å²) in [6, 6.07) is 3.34. The SMILES string of the molecule is C=CCN(CC(=O)O)C(=O)N(CC)Cc1ccncc1. The monoisotopic (exact) mass is 277 g/mol. The molecule has 0 fully saturated rings. The summed E-state index contributed by atoms with van der Waals surface area (Å²) in [6.07, 6.45) is 4.83. The van der Waals surface area contributed by atoms with Crippen LogP contribution in [0.2, 0.25) is 0 Å². The number of carbonyl (C=O) groups is 2. The van der Waals surface area contributed by atoms with E-state index < -0.39 is 5.97 Å². The molecule has 1 heterocycles. The highest BCUT2D eigenvalue weighted by Gasteiger charge is 2.21. The van der Waals surface area contributed by atoms with E-state index in [0.717, 1.165) is 5.56 Å². The van der Waals surface area contributed by atoms with Gasteiger partial charge in [0.05, 0.1) is 0 Å². The number of hydrogen-bond acceptors (Lipinski definition) is 3. The summed E-state index contributed by atoms with van der Waals surface area (Å²) >= 11 is 0. The number of pyridine rings is 1. The van der Waals surface area contributed by atoms with Crippen LogP contribution in [0, 0.1) is 0 Å². The van der Waals surface area contributed by atoms with E-state index in [4.69, 9.17) is 5.11 Å². The molecule has 0 aliphatic rings. The molecule has 0 aliphatic heterocycles. The van der Waals surface area contributed by atoms with Crippen molar-refractivity contribution in [3.8, 4) is 0 Å². The minimum Gasteiger partial charge on any atom is -0.480 e. The van der Waals surface area contributed by atoms with E-state index in [1.165, 1.54) is 11.0 Å². The molecule has 2 amide bonds. The Balaban J connectivity index is 2.77. The minimum absolute atomic E-state index is 0.206. The Morgan fingerprint density at radius 3 is 2.50 bits per heavy atom. The van der Waals surface area contributed by atoms with Crippen LogP contribution in [0.4, 0.5) is 4.79 Å². The highest BCUT2D eigenvalue weighted by Crippen LogP contribution is 2.07. The van der Waals surface area contributed by atoms with Gasteiger partial charge in [0.25, 0.3) is 0 Å². The lowest BCUT2D eigenvalue weighted by Crippen LogP contribution is -2.45. The first-order chi connectivity index (χ1) is 9.58. The molecule has 108 valence electrons. The number of carboxylic acids is 1. The number of urea groups is 1. The van der Waals surface area contributed by atoms with Crippen LogP contribution in [-0.2, 0) is 11.3 Å². The van der Waals surface area contributed by atoms with Crippen molar-refractivity contribution in [2.75, 3.05) is 19.6 Å². The lowest BCUT2D eigenvalue weighted by molar-refractivity contribution is -0.137. The topological polar surface area (TPSA) is 73.7 Å². The molecule has 0 atom stereocenters. The third kappa shape index (κ3) is 4.72. The summed E-state index contributed by atoms with van der Waals surface area (Å²) in [5.74, 6) is -1.04. The van der Waals surface area contributed by atoms with Gasteiger partial charge in [0, 0.05) is 32.0 Å². The molecule has 1 N–H and O–H groups in total. The smallest absolute Gasteiger partial charge is 0.323 e. The van der Waals surface area contributed by atoms with Crippen molar-refractivity contribution in [3.05, 3.63) is 42.7 Å². The van der Waals surface area contributed by atoms with Crippen LogP contribution in [0.1, 0.15) is 12.5 Å². The normalized spacial score (nSPS) is 9.85. The Morgan fingerprint density at radius 2 is 2.00 bits per heavy atom. The molecule has 6 heteroatoms. The van der Waals surface area contributed by atoms with Gasteiger partial charge in [-0.3, -0.25) is 9.78 Å². The van der Waals surface area contributed by atoms with Crippen molar-refractivity contribution in [3.63, 3.8) is 0 Å². The summed E-state index contributed by atoms with van der Waals surface area (Å²) in [4.78, 5) is 29.9. The van der Waals surface area contributed by atoms with Crippen molar-refractivity contribution >= 4 is 12.0 Å². The van der Waals surface area contributed by atoms with Crippen molar-refractivity contribution in [1.29, 1.82) is 0 Å². The summed E-state index contributed by atoms with van der Waals surface area (Å²) in [6.45, 7) is 6.19. The number of carbonyl (C=O) groups excluding carboxylic acids is 1. The fraction of sp³-hybridized carbons (Fsp3) is 0.357. The molecular weight excluding hydrogens is 258 g/mol. The Kier molecular flexibility index (Phi) is 6.22. The second-order valence-electron chi connectivity index (χ2n) is 4.22. The first-order valence-electron chi connectivity index (χ1n) is 6.34. The lowest BCUT2D eigenvalue weighted by atomic mass is 10.2. The molecule has 20 heavy (non-hydrogen) atoms. The fourth-order valence-corrected chi connectivity index (χ4v) is 1.75. The maximum Gasteiger partial charge on any atom is 0.323 e. The third-order valence-corrected chi connectivity index (χ3v) is 2.72. The zero-order valence-electron chi connectivity index (χ0n) is 11.5. The van der Waals surface area contributed by atoms with E-state index in [2.05, 4.69) is 11.6 Å². The highest BCUT2D eigenvalue weighted by molar-refractivity contribution is 5.80. The van der Waals surface area contributed by atoms with Gasteiger partial charge in [0.1, 0.15) is 6.54 Å². The van der Waals surface area contributed by atoms with Crippen LogP contribution in [0.15, 0.2) is 37.2 Å². The molecule has 0 aliphatic carbocycles. The molecule has 1 aromatic rings. The van der Waals surface area contributed by atoms with Crippen molar-refractivity contribution < 1.29 is 14.7 Å². The van der Waals surface area contributed by atoms with E-state index in [1.807, 2.05) is 19.1 Å². The van der Waals surface area contributed by atoms with Gasteiger partial charge < -0.3 is 14.9 Å². The van der Waals surface area contributed by atoms with Crippen LogP contribution < -0.4 is 0 Å². The molecule has 0 spiro atoms. The number of hydrogen-bond donors (Lipinski definition) is 1. The van der Waals surface area contributed by atoms with Gasteiger partial charge in [-0.15, -0.1) is 6.58 Å². The Bertz CT molecular complexity index is 462. The van der Waals surface area contributed by atoms with Gasteiger partial charge in [0.15, 0.2) is 0 Å². The van der Waals surface area contributed by atoms with Crippen molar-refractivity contribution in [2.24, 2.45) is 0 Å². The molecule has 1 aromatic heterocycles. The van der Waals surface area contributed by atoms with Gasteiger partial charge in [0.2, 0.25) is 0 Å². The minimum atomic E-state index is -1.04. The summed E-state index contributed by atoms with van der Waals surface area (Å²) in [5, 5.41) is 8.85. The second-order valence-corrected chi connectivity index (χ2v) is 4.22. The molecule has 0 saturated heterocycles. The van der Waals surface area contributed by atoms with Crippen LogP contribution in [0.5, 0.6) is 0 Å². The maximum absolute atomic E-state index is 12.3. The van der Waals surface area contributed by atoms with Gasteiger partial charge in [-0.1, -0.05) is 6.08 Å². The van der Waals surface area contributed by atoms with Gasteiger partial charge >= 0.3 is 12.0 Å². The number of nitrogens with zero attached hydrogens (tertiary/aromatic N) is 3. The number of aromatic nitrogens is 1. The molecule has 1 rings (SSSR count). The predicted molar refractivity (Wildman–Crippen MR) is 75.1 cm³/mol. The standard InChI is InChI=1S/C14H19N3O3/c1-3-9-17(11-13(18)19)14(20)16(4-2)10-12-5-7-15-8-6-12/h3,5-8H,1,4,9-11H2,2H3,(H,18,19). The largest absolute Gasteiger partial charge is 0.480 e. The molecular formula is C14H19N3O3. The van der Waals surface area contributed by atoms with Crippen LogP contribution in [0.25, 0.3) is 0 Å². The zero-order valence-corrected chi connectivity index (χ0v) is 11.5. The number of amides is 2. The number of carboxylic acid groups (broad SMARTS) is 1. The molecule has 0 unspecified atom stereocenters. The summed E-state index contributed by atoms with van der Waals surface area (Å²) < 4.78 is 0. The maximum atomic E-state index is 12.3. The Labute approximate surface area is 118 Å². The number of rotatable bonds is 7. The van der Waals surface area contributed by atoms with E-state index in [-0.39, 0.29) is 19.1 Å². The second kappa shape index (κ2) is 7.93. The third-order valence-electron chi connectivity index (χ3n) is 2.72. The van der Waals surface area contributed by atoms with E-state index in [1.54, 1.807) is 17.3 Å². The zero-order chi connectivity index (χ0) is 15.0. The van der Waals surface area contributed by atoms with Crippen LogP contribution in [0.3, 0.4) is 0 Å². The van der Waals surface area contributed by atoms with E-state index in [9.17, 15) is 9.59 Å². The Morgan fingerprint density at radius 1 is 1.35 bits per heavy atom. The summed E-state index contributed by atoms with van der Waals surface area (Å²) in [7, 11) is 0.